The molecule has 0 atom stereocenters. The first kappa shape index (κ1) is 21.7. The van der Waals surface area contributed by atoms with Gasteiger partial charge in [0.25, 0.3) is 0 Å². The molecule has 2 aromatic heterocycles. The van der Waals surface area contributed by atoms with Gasteiger partial charge in [-0.3, -0.25) is 9.52 Å². The summed E-state index contributed by atoms with van der Waals surface area (Å²) in [5.41, 5.74) is -1.00. The van der Waals surface area contributed by atoms with E-state index in [1.54, 1.807) is 17.7 Å². The lowest BCUT2D eigenvalue weighted by molar-refractivity contribution is -0.129. The van der Waals surface area contributed by atoms with E-state index >= 15 is 0 Å². The van der Waals surface area contributed by atoms with E-state index in [4.69, 9.17) is 0 Å². The fourth-order valence-corrected chi connectivity index (χ4v) is 3.83. The molecule has 3 aromatic rings. The second kappa shape index (κ2) is 7.67. The maximum atomic E-state index is 14.8. The number of carbonyl (C=O) groups is 1. The fourth-order valence-electron chi connectivity index (χ4n) is 2.74. The van der Waals surface area contributed by atoms with Crippen molar-refractivity contribution in [2.24, 2.45) is 0 Å². The minimum Gasteiger partial charge on any atom is -0.345 e. The topological polar surface area (TPSA) is 91.9 Å². The van der Waals surface area contributed by atoms with E-state index in [-0.39, 0.29) is 5.56 Å². The average Bonchev–Trinajstić information content (AvgIpc) is 3.05. The smallest absolute Gasteiger partial charge is 0.345 e. The number of benzene rings is 1. The number of sulfonamides is 1. The van der Waals surface area contributed by atoms with Gasteiger partial charge in [-0.2, -0.15) is 13.2 Å². The number of rotatable bonds is 6. The molecule has 0 saturated heterocycles. The molecular formula is C18H14F5N3O3S. The zero-order valence-corrected chi connectivity index (χ0v) is 16.1. The second-order valence-corrected chi connectivity index (χ2v) is 8.35. The van der Waals surface area contributed by atoms with Crippen molar-refractivity contribution in [1.82, 2.24) is 9.97 Å². The van der Waals surface area contributed by atoms with Gasteiger partial charge in [0, 0.05) is 23.3 Å². The first-order chi connectivity index (χ1) is 13.9. The van der Waals surface area contributed by atoms with Crippen LogP contribution in [-0.4, -0.2) is 36.1 Å². The lowest BCUT2D eigenvalue weighted by Gasteiger charge is -2.12. The standard InChI is InChI=1S/C18H14F5N3O3S/c1-9-6-10-11(8-25-17(10)24-7-9)16(27)14-12(19)2-3-13(15(14)20)26-30(28,29)5-4-18(21,22)23/h2-3,6-8,26H,4-5H2,1H3,(H,24,25). The van der Waals surface area contributed by atoms with E-state index < -0.39 is 57.0 Å². The fraction of sp³-hybridized carbons (Fsp3) is 0.222. The van der Waals surface area contributed by atoms with Crippen LogP contribution in [0.15, 0.2) is 30.6 Å². The first-order valence-corrected chi connectivity index (χ1v) is 10.1. The lowest BCUT2D eigenvalue weighted by atomic mass is 10.0. The predicted molar refractivity (Wildman–Crippen MR) is 98.7 cm³/mol. The summed E-state index contributed by atoms with van der Waals surface area (Å²) < 4.78 is 91.2. The Morgan fingerprint density at radius 1 is 1.23 bits per heavy atom. The van der Waals surface area contributed by atoms with Gasteiger partial charge in [0.2, 0.25) is 15.8 Å². The highest BCUT2D eigenvalue weighted by Crippen LogP contribution is 2.28. The Labute approximate surface area is 167 Å². The number of aryl methyl sites for hydroxylation is 1. The number of pyridine rings is 1. The first-order valence-electron chi connectivity index (χ1n) is 8.41. The van der Waals surface area contributed by atoms with E-state index in [0.29, 0.717) is 28.7 Å². The lowest BCUT2D eigenvalue weighted by Crippen LogP contribution is -2.23. The van der Waals surface area contributed by atoms with E-state index in [9.17, 15) is 35.2 Å². The van der Waals surface area contributed by atoms with Crippen LogP contribution in [0.4, 0.5) is 27.6 Å². The van der Waals surface area contributed by atoms with Crippen LogP contribution in [0.1, 0.15) is 27.9 Å². The van der Waals surface area contributed by atoms with Crippen molar-refractivity contribution in [2.75, 3.05) is 10.5 Å². The van der Waals surface area contributed by atoms with Crippen molar-refractivity contribution in [1.29, 1.82) is 0 Å². The number of carbonyl (C=O) groups excluding carboxylic acids is 1. The van der Waals surface area contributed by atoms with E-state index in [1.807, 2.05) is 0 Å². The van der Waals surface area contributed by atoms with Crippen molar-refractivity contribution in [2.45, 2.75) is 19.5 Å². The summed E-state index contributed by atoms with van der Waals surface area (Å²) in [7, 11) is -4.60. The number of nitrogens with zero attached hydrogens (tertiary/aromatic N) is 1. The summed E-state index contributed by atoms with van der Waals surface area (Å²) in [5, 5.41) is 0.301. The van der Waals surface area contributed by atoms with E-state index in [0.717, 1.165) is 0 Å². The number of anilines is 1. The molecule has 0 spiro atoms. The monoisotopic (exact) mass is 447 g/mol. The van der Waals surface area contributed by atoms with Crippen LogP contribution in [-0.2, 0) is 10.0 Å². The van der Waals surface area contributed by atoms with Crippen molar-refractivity contribution in [3.8, 4) is 0 Å². The van der Waals surface area contributed by atoms with Gasteiger partial charge in [-0.05, 0) is 30.7 Å². The number of ketones is 1. The number of aromatic nitrogens is 2. The number of hydrogen-bond acceptors (Lipinski definition) is 4. The van der Waals surface area contributed by atoms with Gasteiger partial charge >= 0.3 is 6.18 Å². The summed E-state index contributed by atoms with van der Waals surface area (Å²) in [5.74, 6) is -5.24. The van der Waals surface area contributed by atoms with E-state index in [1.165, 1.54) is 12.4 Å². The average molecular weight is 447 g/mol. The highest BCUT2D eigenvalue weighted by Gasteiger charge is 2.31. The summed E-state index contributed by atoms with van der Waals surface area (Å²) in [6.07, 6.45) is -3.67. The number of nitrogens with one attached hydrogen (secondary N) is 2. The molecule has 160 valence electrons. The Morgan fingerprint density at radius 2 is 1.93 bits per heavy atom. The Morgan fingerprint density at radius 3 is 2.60 bits per heavy atom. The van der Waals surface area contributed by atoms with Crippen LogP contribution < -0.4 is 4.72 Å². The van der Waals surface area contributed by atoms with Crippen LogP contribution in [0.5, 0.6) is 0 Å². The molecule has 0 saturated carbocycles. The van der Waals surface area contributed by atoms with Gasteiger partial charge in [0.15, 0.2) is 5.82 Å². The van der Waals surface area contributed by atoms with E-state index in [2.05, 4.69) is 9.97 Å². The summed E-state index contributed by atoms with van der Waals surface area (Å²) >= 11 is 0. The number of halogens is 5. The molecule has 3 rings (SSSR count). The second-order valence-electron chi connectivity index (χ2n) is 6.51. The number of fused-ring (bicyclic) bond motifs is 1. The minimum absolute atomic E-state index is 0.101. The quantitative estimate of drug-likeness (QED) is 0.440. The van der Waals surface area contributed by atoms with Crippen LogP contribution in [0.25, 0.3) is 11.0 Å². The Bertz CT molecular complexity index is 1240. The molecule has 12 heteroatoms. The van der Waals surface area contributed by atoms with Crippen LogP contribution in [0.3, 0.4) is 0 Å². The third-order valence-corrected chi connectivity index (χ3v) is 5.42. The number of alkyl halides is 3. The SMILES string of the molecule is Cc1cnc2[nH]cc(C(=O)c3c(F)ccc(NS(=O)(=O)CCC(F)(F)F)c3F)c2c1. The highest BCUT2D eigenvalue weighted by molar-refractivity contribution is 7.92. The molecule has 0 bridgehead atoms. The Kier molecular flexibility index (Phi) is 5.54. The number of H-pyrrole nitrogens is 1. The Balaban J connectivity index is 1.98. The Hall–Kier alpha value is -3.02. The normalized spacial score (nSPS) is 12.3. The molecule has 2 heterocycles. The third-order valence-electron chi connectivity index (χ3n) is 4.15. The summed E-state index contributed by atoms with van der Waals surface area (Å²) in [4.78, 5) is 19.5. The maximum absolute atomic E-state index is 14.8. The summed E-state index contributed by atoms with van der Waals surface area (Å²) in [6, 6.07) is 2.91. The molecule has 0 amide bonds. The van der Waals surface area contributed by atoms with Gasteiger partial charge in [-0.15, -0.1) is 0 Å². The van der Waals surface area contributed by atoms with Gasteiger partial charge < -0.3 is 4.98 Å². The van der Waals surface area contributed by atoms with Crippen molar-refractivity contribution in [3.63, 3.8) is 0 Å². The van der Waals surface area contributed by atoms with Crippen LogP contribution >= 0.6 is 0 Å². The van der Waals surface area contributed by atoms with Crippen LogP contribution in [0.2, 0.25) is 0 Å². The number of aromatic amines is 1. The molecule has 0 fully saturated rings. The largest absolute Gasteiger partial charge is 0.390 e. The van der Waals surface area contributed by atoms with Gasteiger partial charge in [0.05, 0.1) is 23.4 Å². The van der Waals surface area contributed by atoms with Gasteiger partial charge in [0.1, 0.15) is 11.5 Å². The molecule has 0 aliphatic carbocycles. The van der Waals surface area contributed by atoms with Crippen molar-refractivity contribution in [3.05, 3.63) is 58.9 Å². The molecule has 6 nitrogen and oxygen atoms in total. The molecular weight excluding hydrogens is 433 g/mol. The maximum Gasteiger partial charge on any atom is 0.390 e. The molecule has 1 aromatic carbocycles. The van der Waals surface area contributed by atoms with Crippen molar-refractivity contribution >= 4 is 32.5 Å². The minimum atomic E-state index is -4.74. The van der Waals surface area contributed by atoms with Gasteiger partial charge in [-0.25, -0.2) is 22.2 Å². The molecule has 0 aliphatic heterocycles. The zero-order chi connectivity index (χ0) is 22.3. The third kappa shape index (κ3) is 4.58. The molecule has 2 N–H and O–H groups in total. The summed E-state index contributed by atoms with van der Waals surface area (Å²) in [6.45, 7) is 1.70. The molecule has 0 radical (unpaired) electrons. The highest BCUT2D eigenvalue weighted by atomic mass is 32.2. The number of hydrogen-bond donors (Lipinski definition) is 2. The van der Waals surface area contributed by atoms with Crippen LogP contribution in [0, 0.1) is 18.6 Å². The molecule has 0 unspecified atom stereocenters. The molecule has 0 aliphatic rings. The molecule has 30 heavy (non-hydrogen) atoms. The van der Waals surface area contributed by atoms with Crippen molar-refractivity contribution < 1.29 is 35.2 Å². The zero-order valence-electron chi connectivity index (χ0n) is 15.3. The van der Waals surface area contributed by atoms with Gasteiger partial charge in [-0.1, -0.05) is 0 Å². The predicted octanol–water partition coefficient (Wildman–Crippen LogP) is 4.07.